The Bertz CT molecular complexity index is 659. The summed E-state index contributed by atoms with van der Waals surface area (Å²) in [6.45, 7) is 0. The summed E-state index contributed by atoms with van der Waals surface area (Å²) in [7, 11) is 0. The van der Waals surface area contributed by atoms with Gasteiger partial charge in [0.15, 0.2) is 5.78 Å². The van der Waals surface area contributed by atoms with Gasteiger partial charge in [-0.15, -0.1) is 11.8 Å². The fourth-order valence-electron chi connectivity index (χ4n) is 2.04. The molecule has 0 aliphatic carbocycles. The summed E-state index contributed by atoms with van der Waals surface area (Å²) < 4.78 is 0. The molecular weight excluding hydrogens is 276 g/mol. The van der Waals surface area contributed by atoms with Gasteiger partial charge in [-0.2, -0.15) is 0 Å². The van der Waals surface area contributed by atoms with Crippen molar-refractivity contribution in [1.82, 2.24) is 0 Å². The number of carbonyl (C=O) groups is 1. The molecule has 19 heavy (non-hydrogen) atoms. The van der Waals surface area contributed by atoms with Crippen molar-refractivity contribution >= 4 is 35.2 Å². The van der Waals surface area contributed by atoms with E-state index in [1.807, 2.05) is 54.6 Å². The molecule has 3 heteroatoms. The van der Waals surface area contributed by atoms with Crippen molar-refractivity contribution in [3.05, 3.63) is 70.3 Å². The first-order chi connectivity index (χ1) is 9.24. The summed E-state index contributed by atoms with van der Waals surface area (Å²) in [4.78, 5) is 13.5. The van der Waals surface area contributed by atoms with Gasteiger partial charge in [0.1, 0.15) is 0 Å². The SMILES string of the molecule is O=C1C(=Cc2ccc(Cl)cc2)CSc2ccccc21. The lowest BCUT2D eigenvalue weighted by molar-refractivity contribution is 0.103. The van der Waals surface area contributed by atoms with E-state index in [9.17, 15) is 4.79 Å². The minimum absolute atomic E-state index is 0.129. The molecule has 0 atom stereocenters. The fraction of sp³-hybridized carbons (Fsp3) is 0.0625. The van der Waals surface area contributed by atoms with E-state index in [4.69, 9.17) is 11.6 Å². The minimum atomic E-state index is 0.129. The van der Waals surface area contributed by atoms with Crippen molar-refractivity contribution in [3.8, 4) is 0 Å². The van der Waals surface area contributed by atoms with Crippen molar-refractivity contribution in [2.24, 2.45) is 0 Å². The van der Waals surface area contributed by atoms with E-state index < -0.39 is 0 Å². The molecule has 0 radical (unpaired) electrons. The average Bonchev–Trinajstić information content (AvgIpc) is 2.45. The second kappa shape index (κ2) is 5.24. The fourth-order valence-corrected chi connectivity index (χ4v) is 3.18. The van der Waals surface area contributed by atoms with Crippen molar-refractivity contribution in [2.75, 3.05) is 5.75 Å². The Balaban J connectivity index is 1.96. The first-order valence-electron chi connectivity index (χ1n) is 5.97. The van der Waals surface area contributed by atoms with Crippen LogP contribution >= 0.6 is 23.4 Å². The summed E-state index contributed by atoms with van der Waals surface area (Å²) >= 11 is 7.57. The van der Waals surface area contributed by atoms with Crippen LogP contribution in [0.2, 0.25) is 5.02 Å². The maximum absolute atomic E-state index is 12.4. The van der Waals surface area contributed by atoms with Gasteiger partial charge in [-0.05, 0) is 35.9 Å². The average molecular weight is 287 g/mol. The molecule has 0 bridgehead atoms. The zero-order valence-electron chi connectivity index (χ0n) is 10.1. The summed E-state index contributed by atoms with van der Waals surface area (Å²) in [6, 6.07) is 15.3. The van der Waals surface area contributed by atoms with Crippen LogP contribution in [-0.4, -0.2) is 11.5 Å². The molecule has 0 amide bonds. The van der Waals surface area contributed by atoms with Crippen molar-refractivity contribution in [1.29, 1.82) is 0 Å². The van der Waals surface area contributed by atoms with Crippen LogP contribution in [0.25, 0.3) is 6.08 Å². The predicted molar refractivity (Wildman–Crippen MR) is 80.9 cm³/mol. The van der Waals surface area contributed by atoms with Gasteiger partial charge in [-0.1, -0.05) is 35.9 Å². The number of fused-ring (bicyclic) bond motifs is 1. The summed E-state index contributed by atoms with van der Waals surface area (Å²) in [5.74, 6) is 0.850. The molecule has 0 saturated carbocycles. The van der Waals surface area contributed by atoms with Gasteiger partial charge in [-0.25, -0.2) is 0 Å². The normalized spacial score (nSPS) is 16.5. The van der Waals surface area contributed by atoms with E-state index in [-0.39, 0.29) is 5.78 Å². The topological polar surface area (TPSA) is 17.1 Å². The van der Waals surface area contributed by atoms with Crippen LogP contribution in [0.15, 0.2) is 59.0 Å². The van der Waals surface area contributed by atoms with Gasteiger partial charge < -0.3 is 0 Å². The monoisotopic (exact) mass is 286 g/mol. The molecule has 0 aromatic heterocycles. The Morgan fingerprint density at radius 3 is 2.58 bits per heavy atom. The van der Waals surface area contributed by atoms with E-state index >= 15 is 0 Å². The molecule has 0 saturated heterocycles. The molecule has 3 rings (SSSR count). The summed E-state index contributed by atoms with van der Waals surface area (Å²) in [5.41, 5.74) is 2.65. The van der Waals surface area contributed by atoms with Gasteiger partial charge in [0, 0.05) is 26.8 Å². The lowest BCUT2D eigenvalue weighted by atomic mass is 10.0. The first-order valence-corrected chi connectivity index (χ1v) is 7.33. The Kier molecular flexibility index (Phi) is 3.45. The van der Waals surface area contributed by atoms with Gasteiger partial charge in [0.2, 0.25) is 0 Å². The molecule has 0 spiro atoms. The molecule has 1 aliphatic rings. The third-order valence-electron chi connectivity index (χ3n) is 3.02. The van der Waals surface area contributed by atoms with Crippen molar-refractivity contribution in [2.45, 2.75) is 4.90 Å². The number of benzene rings is 2. The molecule has 2 aromatic rings. The molecular formula is C16H11ClOS. The predicted octanol–water partition coefficient (Wildman–Crippen LogP) is 4.71. The molecule has 0 N–H and O–H groups in total. The molecule has 1 heterocycles. The second-order valence-corrected chi connectivity index (χ2v) is 5.79. The second-order valence-electron chi connectivity index (χ2n) is 4.34. The molecule has 1 aliphatic heterocycles. The quantitative estimate of drug-likeness (QED) is 0.706. The largest absolute Gasteiger partial charge is 0.289 e. The summed E-state index contributed by atoms with van der Waals surface area (Å²) in [5, 5.41) is 0.705. The van der Waals surface area contributed by atoms with Crippen molar-refractivity contribution < 1.29 is 4.79 Å². The van der Waals surface area contributed by atoms with Gasteiger partial charge in [0.25, 0.3) is 0 Å². The smallest absolute Gasteiger partial charge is 0.191 e. The van der Waals surface area contributed by atoms with Crippen molar-refractivity contribution in [3.63, 3.8) is 0 Å². The van der Waals surface area contributed by atoms with E-state index in [0.717, 1.165) is 27.3 Å². The lowest BCUT2D eigenvalue weighted by Gasteiger charge is -2.16. The maximum Gasteiger partial charge on any atom is 0.191 e. The van der Waals surface area contributed by atoms with Gasteiger partial charge in [0.05, 0.1) is 0 Å². The number of thioether (sulfide) groups is 1. The zero-order valence-corrected chi connectivity index (χ0v) is 11.7. The van der Waals surface area contributed by atoms with Crippen LogP contribution in [0.4, 0.5) is 0 Å². The highest BCUT2D eigenvalue weighted by molar-refractivity contribution is 7.99. The minimum Gasteiger partial charge on any atom is -0.289 e. The van der Waals surface area contributed by atoms with E-state index in [1.165, 1.54) is 0 Å². The Labute approximate surface area is 121 Å². The number of Topliss-reactive ketones (excluding diaryl/α,β-unsaturated/α-hetero) is 1. The van der Waals surface area contributed by atoms with Crippen LogP contribution < -0.4 is 0 Å². The van der Waals surface area contributed by atoms with E-state index in [2.05, 4.69) is 0 Å². The van der Waals surface area contributed by atoms with Crippen LogP contribution in [0.5, 0.6) is 0 Å². The van der Waals surface area contributed by atoms with Crippen LogP contribution in [-0.2, 0) is 0 Å². The Hall–Kier alpha value is -1.51. The standard InChI is InChI=1S/C16H11ClOS/c17-13-7-5-11(6-8-13)9-12-10-19-15-4-2-1-3-14(15)16(12)18/h1-9H,10H2. The number of halogens is 1. The maximum atomic E-state index is 12.4. The highest BCUT2D eigenvalue weighted by atomic mass is 35.5. The summed E-state index contributed by atoms with van der Waals surface area (Å²) in [6.07, 6.45) is 1.95. The molecule has 0 unspecified atom stereocenters. The number of hydrogen-bond donors (Lipinski definition) is 0. The van der Waals surface area contributed by atoms with Gasteiger partial charge >= 0.3 is 0 Å². The molecule has 1 nitrogen and oxygen atoms in total. The van der Waals surface area contributed by atoms with Gasteiger partial charge in [-0.3, -0.25) is 4.79 Å². The van der Waals surface area contributed by atoms with Crippen LogP contribution in [0.3, 0.4) is 0 Å². The third-order valence-corrected chi connectivity index (χ3v) is 4.39. The van der Waals surface area contributed by atoms with E-state index in [0.29, 0.717) is 5.02 Å². The first kappa shape index (κ1) is 12.5. The number of rotatable bonds is 1. The number of carbonyl (C=O) groups excluding carboxylic acids is 1. The highest BCUT2D eigenvalue weighted by Crippen LogP contribution is 2.33. The highest BCUT2D eigenvalue weighted by Gasteiger charge is 2.21. The zero-order chi connectivity index (χ0) is 13.2. The lowest BCUT2D eigenvalue weighted by Crippen LogP contribution is -2.11. The molecule has 2 aromatic carbocycles. The van der Waals surface area contributed by atoms with Crippen LogP contribution in [0, 0.1) is 0 Å². The Morgan fingerprint density at radius 2 is 1.79 bits per heavy atom. The van der Waals surface area contributed by atoms with Crippen LogP contribution in [0.1, 0.15) is 15.9 Å². The third kappa shape index (κ3) is 2.60. The Morgan fingerprint density at radius 1 is 1.05 bits per heavy atom. The van der Waals surface area contributed by atoms with E-state index in [1.54, 1.807) is 11.8 Å². The number of hydrogen-bond acceptors (Lipinski definition) is 2. The molecule has 94 valence electrons. The molecule has 0 fully saturated rings. The number of ketones is 1.